The van der Waals surface area contributed by atoms with E-state index in [9.17, 15) is 4.79 Å². The highest BCUT2D eigenvalue weighted by Crippen LogP contribution is 2.14. The molecular weight excluding hydrogens is 240 g/mol. The number of methoxy groups -OCH3 is 1. The standard InChI is InChI=1S/C15H32N2O2/c1-8-13(4)11-17(6)10-9-15(5,14(18)19-7)16-12(2)3/h12-13,16H,8-11H2,1-7H3. The van der Waals surface area contributed by atoms with Gasteiger partial charge in [0.1, 0.15) is 5.54 Å². The molecule has 0 aliphatic rings. The van der Waals surface area contributed by atoms with Crippen molar-refractivity contribution >= 4 is 5.97 Å². The van der Waals surface area contributed by atoms with Gasteiger partial charge in [-0.3, -0.25) is 10.1 Å². The van der Waals surface area contributed by atoms with Gasteiger partial charge in [0.2, 0.25) is 0 Å². The molecule has 0 heterocycles. The van der Waals surface area contributed by atoms with Crippen molar-refractivity contribution in [3.63, 3.8) is 0 Å². The zero-order chi connectivity index (χ0) is 15.1. The third kappa shape index (κ3) is 6.92. The summed E-state index contributed by atoms with van der Waals surface area (Å²) in [5.41, 5.74) is -0.605. The predicted octanol–water partition coefficient (Wildman–Crippen LogP) is 2.28. The van der Waals surface area contributed by atoms with E-state index in [1.807, 2.05) is 20.8 Å². The Morgan fingerprint density at radius 3 is 2.37 bits per heavy atom. The fourth-order valence-electron chi connectivity index (χ4n) is 2.26. The van der Waals surface area contributed by atoms with E-state index in [4.69, 9.17) is 4.74 Å². The molecule has 2 unspecified atom stereocenters. The van der Waals surface area contributed by atoms with Crippen LogP contribution in [0, 0.1) is 5.92 Å². The van der Waals surface area contributed by atoms with Crippen LogP contribution in [0.1, 0.15) is 47.5 Å². The van der Waals surface area contributed by atoms with Gasteiger partial charge in [-0.15, -0.1) is 0 Å². The third-order valence-electron chi connectivity index (χ3n) is 3.56. The minimum absolute atomic E-state index is 0.182. The van der Waals surface area contributed by atoms with Crippen LogP contribution in [-0.2, 0) is 9.53 Å². The second-order valence-corrected chi connectivity index (χ2v) is 6.15. The SMILES string of the molecule is CCC(C)CN(C)CCC(C)(NC(C)C)C(=O)OC. The summed E-state index contributed by atoms with van der Waals surface area (Å²) in [6.45, 7) is 12.4. The molecule has 0 aromatic heterocycles. The average molecular weight is 272 g/mol. The first kappa shape index (κ1) is 18.4. The summed E-state index contributed by atoms with van der Waals surface area (Å²) in [5.74, 6) is 0.505. The maximum absolute atomic E-state index is 12.0. The van der Waals surface area contributed by atoms with Gasteiger partial charge in [-0.05, 0) is 40.2 Å². The molecule has 0 aliphatic carbocycles. The maximum atomic E-state index is 12.0. The van der Waals surface area contributed by atoms with Crippen molar-refractivity contribution in [1.29, 1.82) is 0 Å². The molecule has 114 valence electrons. The lowest BCUT2D eigenvalue weighted by Gasteiger charge is -2.32. The molecule has 0 aromatic carbocycles. The van der Waals surface area contributed by atoms with E-state index < -0.39 is 5.54 Å². The molecule has 4 nitrogen and oxygen atoms in total. The summed E-state index contributed by atoms with van der Waals surface area (Å²) in [6.07, 6.45) is 1.94. The molecule has 0 saturated heterocycles. The number of nitrogens with zero attached hydrogens (tertiary/aromatic N) is 1. The van der Waals surface area contributed by atoms with Crippen molar-refractivity contribution in [3.8, 4) is 0 Å². The van der Waals surface area contributed by atoms with E-state index in [0.717, 1.165) is 19.5 Å². The quantitative estimate of drug-likeness (QED) is 0.654. The van der Waals surface area contributed by atoms with Crippen molar-refractivity contribution in [1.82, 2.24) is 10.2 Å². The van der Waals surface area contributed by atoms with Crippen LogP contribution in [-0.4, -0.2) is 49.7 Å². The zero-order valence-corrected chi connectivity index (χ0v) is 13.7. The molecule has 0 radical (unpaired) electrons. The summed E-state index contributed by atoms with van der Waals surface area (Å²) in [4.78, 5) is 14.2. The Balaban J connectivity index is 4.45. The minimum atomic E-state index is -0.605. The normalized spacial score (nSPS) is 16.5. The Labute approximate surface area is 118 Å². The highest BCUT2D eigenvalue weighted by Gasteiger charge is 2.34. The molecule has 2 atom stereocenters. The first-order valence-electron chi connectivity index (χ1n) is 7.29. The van der Waals surface area contributed by atoms with Crippen molar-refractivity contribution in [2.24, 2.45) is 5.92 Å². The summed E-state index contributed by atoms with van der Waals surface area (Å²) < 4.78 is 4.93. The van der Waals surface area contributed by atoms with Gasteiger partial charge in [-0.1, -0.05) is 20.3 Å². The van der Waals surface area contributed by atoms with Gasteiger partial charge in [0.05, 0.1) is 7.11 Å². The second kappa shape index (κ2) is 8.54. The Hall–Kier alpha value is -0.610. The Morgan fingerprint density at radius 1 is 1.37 bits per heavy atom. The fourth-order valence-corrected chi connectivity index (χ4v) is 2.26. The molecule has 0 spiro atoms. The van der Waals surface area contributed by atoms with Crippen LogP contribution in [0.3, 0.4) is 0 Å². The van der Waals surface area contributed by atoms with Gasteiger partial charge < -0.3 is 9.64 Å². The molecule has 0 aromatic rings. The monoisotopic (exact) mass is 272 g/mol. The smallest absolute Gasteiger partial charge is 0.325 e. The van der Waals surface area contributed by atoms with E-state index in [-0.39, 0.29) is 12.0 Å². The van der Waals surface area contributed by atoms with Crippen LogP contribution in [0.15, 0.2) is 0 Å². The lowest BCUT2D eigenvalue weighted by Crippen LogP contribution is -2.54. The highest BCUT2D eigenvalue weighted by molar-refractivity contribution is 5.80. The van der Waals surface area contributed by atoms with Crippen LogP contribution >= 0.6 is 0 Å². The molecule has 0 saturated carbocycles. The summed E-state index contributed by atoms with van der Waals surface area (Å²) in [6, 6.07) is 0.254. The topological polar surface area (TPSA) is 41.6 Å². The molecule has 0 fully saturated rings. The van der Waals surface area contributed by atoms with Crippen molar-refractivity contribution < 1.29 is 9.53 Å². The minimum Gasteiger partial charge on any atom is -0.468 e. The number of carbonyl (C=O) groups is 1. The van der Waals surface area contributed by atoms with Crippen LogP contribution < -0.4 is 5.32 Å². The lowest BCUT2D eigenvalue weighted by atomic mass is 9.96. The lowest BCUT2D eigenvalue weighted by molar-refractivity contribution is -0.148. The van der Waals surface area contributed by atoms with Gasteiger partial charge >= 0.3 is 5.97 Å². The number of carbonyl (C=O) groups excluding carboxylic acids is 1. The maximum Gasteiger partial charge on any atom is 0.325 e. The van der Waals surface area contributed by atoms with E-state index in [1.165, 1.54) is 13.5 Å². The molecule has 1 N–H and O–H groups in total. The number of hydrogen-bond acceptors (Lipinski definition) is 4. The third-order valence-corrected chi connectivity index (χ3v) is 3.56. The van der Waals surface area contributed by atoms with Gasteiger partial charge in [0.25, 0.3) is 0 Å². The molecular formula is C15H32N2O2. The first-order chi connectivity index (χ1) is 8.75. The van der Waals surface area contributed by atoms with Gasteiger partial charge in [0, 0.05) is 19.1 Å². The molecule has 0 amide bonds. The number of ether oxygens (including phenoxy) is 1. The van der Waals surface area contributed by atoms with Crippen molar-refractivity contribution in [3.05, 3.63) is 0 Å². The van der Waals surface area contributed by atoms with Crippen LogP contribution in [0.5, 0.6) is 0 Å². The van der Waals surface area contributed by atoms with E-state index in [0.29, 0.717) is 5.92 Å². The molecule has 4 heteroatoms. The zero-order valence-electron chi connectivity index (χ0n) is 13.7. The summed E-state index contributed by atoms with van der Waals surface area (Å²) >= 11 is 0. The number of hydrogen-bond donors (Lipinski definition) is 1. The highest BCUT2D eigenvalue weighted by atomic mass is 16.5. The van der Waals surface area contributed by atoms with Gasteiger partial charge in [-0.25, -0.2) is 0 Å². The van der Waals surface area contributed by atoms with Gasteiger partial charge in [-0.2, -0.15) is 0 Å². The fraction of sp³-hybridized carbons (Fsp3) is 0.933. The Bertz CT molecular complexity index is 269. The first-order valence-corrected chi connectivity index (χ1v) is 7.29. The Kier molecular flexibility index (Phi) is 8.26. The largest absolute Gasteiger partial charge is 0.468 e. The van der Waals surface area contributed by atoms with E-state index in [1.54, 1.807) is 0 Å². The van der Waals surface area contributed by atoms with Crippen LogP contribution in [0.4, 0.5) is 0 Å². The van der Waals surface area contributed by atoms with Gasteiger partial charge in [0.15, 0.2) is 0 Å². The number of esters is 1. The van der Waals surface area contributed by atoms with E-state index >= 15 is 0 Å². The van der Waals surface area contributed by atoms with E-state index in [2.05, 4.69) is 31.1 Å². The molecule has 19 heavy (non-hydrogen) atoms. The molecule has 0 rings (SSSR count). The number of rotatable bonds is 9. The summed E-state index contributed by atoms with van der Waals surface area (Å²) in [5, 5.41) is 3.33. The van der Waals surface area contributed by atoms with Crippen LogP contribution in [0.2, 0.25) is 0 Å². The summed E-state index contributed by atoms with van der Waals surface area (Å²) in [7, 11) is 3.56. The average Bonchev–Trinajstić information content (AvgIpc) is 2.34. The molecule has 0 bridgehead atoms. The van der Waals surface area contributed by atoms with Crippen molar-refractivity contribution in [2.75, 3.05) is 27.2 Å². The van der Waals surface area contributed by atoms with Crippen LogP contribution in [0.25, 0.3) is 0 Å². The molecule has 0 aliphatic heterocycles. The number of nitrogens with one attached hydrogen (secondary N) is 1. The Morgan fingerprint density at radius 2 is 1.95 bits per heavy atom. The second-order valence-electron chi connectivity index (χ2n) is 6.15. The van der Waals surface area contributed by atoms with Crippen molar-refractivity contribution in [2.45, 2.75) is 59.0 Å². The predicted molar refractivity (Wildman–Crippen MR) is 80.3 cm³/mol.